The molecule has 0 aliphatic carbocycles. The van der Waals surface area contributed by atoms with E-state index in [1.165, 1.54) is 11.3 Å². The van der Waals surface area contributed by atoms with E-state index < -0.39 is 0 Å². The number of hydrogen-bond donors (Lipinski definition) is 1. The highest BCUT2D eigenvalue weighted by atomic mass is 32.1. The molecule has 96 valence electrons. The van der Waals surface area contributed by atoms with Gasteiger partial charge in [-0.3, -0.25) is 4.79 Å². The molecule has 2 N–H and O–H groups in total. The van der Waals surface area contributed by atoms with Crippen molar-refractivity contribution < 1.29 is 4.79 Å². The SMILES string of the molecule is CCCN(CC)C(=O)c1sc2nnccc2c1N. The highest BCUT2D eigenvalue weighted by Gasteiger charge is 2.21. The van der Waals surface area contributed by atoms with Crippen molar-refractivity contribution >= 4 is 33.1 Å². The van der Waals surface area contributed by atoms with Crippen LogP contribution in [0.1, 0.15) is 29.9 Å². The Labute approximate surface area is 110 Å². The Balaban J connectivity index is 2.41. The van der Waals surface area contributed by atoms with Gasteiger partial charge in [0, 0.05) is 18.5 Å². The minimum absolute atomic E-state index is 0.0140. The summed E-state index contributed by atoms with van der Waals surface area (Å²) in [6, 6.07) is 1.79. The summed E-state index contributed by atoms with van der Waals surface area (Å²) < 4.78 is 0. The van der Waals surface area contributed by atoms with Gasteiger partial charge in [0.05, 0.1) is 11.9 Å². The summed E-state index contributed by atoms with van der Waals surface area (Å²) in [7, 11) is 0. The van der Waals surface area contributed by atoms with Gasteiger partial charge in [0.2, 0.25) is 0 Å². The molecule has 2 heterocycles. The molecule has 0 aliphatic heterocycles. The topological polar surface area (TPSA) is 72.1 Å². The number of thiophene rings is 1. The van der Waals surface area contributed by atoms with Crippen LogP contribution in [0.2, 0.25) is 0 Å². The van der Waals surface area contributed by atoms with E-state index in [1.807, 2.05) is 6.92 Å². The Hall–Kier alpha value is -1.69. The first-order valence-corrected chi connectivity index (χ1v) is 6.79. The van der Waals surface area contributed by atoms with Crippen molar-refractivity contribution in [3.63, 3.8) is 0 Å². The van der Waals surface area contributed by atoms with Gasteiger partial charge in [0.25, 0.3) is 5.91 Å². The predicted molar refractivity (Wildman–Crippen MR) is 73.7 cm³/mol. The van der Waals surface area contributed by atoms with Crippen LogP contribution in [-0.4, -0.2) is 34.1 Å². The molecule has 0 bridgehead atoms. The van der Waals surface area contributed by atoms with E-state index in [9.17, 15) is 4.79 Å². The van der Waals surface area contributed by atoms with Crippen LogP contribution in [0.4, 0.5) is 5.69 Å². The Kier molecular flexibility index (Phi) is 3.76. The lowest BCUT2D eigenvalue weighted by atomic mass is 10.2. The second-order valence-corrected chi connectivity index (χ2v) is 4.98. The summed E-state index contributed by atoms with van der Waals surface area (Å²) in [5.74, 6) is -0.0140. The van der Waals surface area contributed by atoms with Crippen molar-refractivity contribution in [1.82, 2.24) is 15.1 Å². The van der Waals surface area contributed by atoms with Gasteiger partial charge >= 0.3 is 0 Å². The van der Waals surface area contributed by atoms with Crippen molar-refractivity contribution in [3.8, 4) is 0 Å². The molecule has 0 aliphatic rings. The maximum Gasteiger partial charge on any atom is 0.266 e. The third-order valence-electron chi connectivity index (χ3n) is 2.78. The highest BCUT2D eigenvalue weighted by molar-refractivity contribution is 7.21. The second-order valence-electron chi connectivity index (χ2n) is 3.98. The molecule has 0 saturated carbocycles. The molecule has 6 heteroatoms. The number of carbonyl (C=O) groups is 1. The molecule has 2 aromatic rings. The molecule has 0 spiro atoms. The van der Waals surface area contributed by atoms with Gasteiger partial charge in [0.1, 0.15) is 9.71 Å². The molecular formula is C12H16N4OS. The lowest BCUT2D eigenvalue weighted by Gasteiger charge is -2.19. The fraction of sp³-hybridized carbons (Fsp3) is 0.417. The van der Waals surface area contributed by atoms with Crippen molar-refractivity contribution in [2.24, 2.45) is 0 Å². The van der Waals surface area contributed by atoms with Crippen molar-refractivity contribution in [2.45, 2.75) is 20.3 Å². The molecule has 18 heavy (non-hydrogen) atoms. The van der Waals surface area contributed by atoms with E-state index in [2.05, 4.69) is 17.1 Å². The first kappa shape index (κ1) is 12.8. The largest absolute Gasteiger partial charge is 0.397 e. The summed E-state index contributed by atoms with van der Waals surface area (Å²) in [5.41, 5.74) is 6.54. The van der Waals surface area contributed by atoms with E-state index in [1.54, 1.807) is 17.2 Å². The van der Waals surface area contributed by atoms with Gasteiger partial charge in [-0.25, -0.2) is 0 Å². The molecule has 2 aromatic heterocycles. The van der Waals surface area contributed by atoms with Crippen LogP contribution in [0.5, 0.6) is 0 Å². The van der Waals surface area contributed by atoms with Crippen LogP contribution in [0.25, 0.3) is 10.2 Å². The molecule has 0 saturated heterocycles. The molecule has 0 fully saturated rings. The van der Waals surface area contributed by atoms with Crippen LogP contribution in [0, 0.1) is 0 Å². The molecular weight excluding hydrogens is 248 g/mol. The third-order valence-corrected chi connectivity index (χ3v) is 3.87. The monoisotopic (exact) mass is 264 g/mol. The maximum absolute atomic E-state index is 12.4. The number of nitrogens with zero attached hydrogens (tertiary/aromatic N) is 3. The Morgan fingerprint density at radius 2 is 2.28 bits per heavy atom. The van der Waals surface area contributed by atoms with Crippen LogP contribution in [-0.2, 0) is 0 Å². The predicted octanol–water partition coefficient (Wildman–Crippen LogP) is 2.15. The van der Waals surface area contributed by atoms with E-state index in [4.69, 9.17) is 5.73 Å². The number of aromatic nitrogens is 2. The normalized spacial score (nSPS) is 10.8. The van der Waals surface area contributed by atoms with Crippen LogP contribution < -0.4 is 5.73 Å². The molecule has 5 nitrogen and oxygen atoms in total. The number of amides is 1. The number of anilines is 1. The van der Waals surface area contributed by atoms with Crippen molar-refractivity contribution in [2.75, 3.05) is 18.8 Å². The van der Waals surface area contributed by atoms with Crippen LogP contribution in [0.15, 0.2) is 12.3 Å². The zero-order chi connectivity index (χ0) is 13.1. The fourth-order valence-corrected chi connectivity index (χ4v) is 2.85. The molecule has 0 atom stereocenters. The minimum Gasteiger partial charge on any atom is -0.397 e. The minimum atomic E-state index is -0.0140. The van der Waals surface area contributed by atoms with E-state index >= 15 is 0 Å². The number of fused-ring (bicyclic) bond motifs is 1. The zero-order valence-corrected chi connectivity index (χ0v) is 11.3. The first-order valence-electron chi connectivity index (χ1n) is 5.98. The van der Waals surface area contributed by atoms with Gasteiger partial charge in [-0.05, 0) is 19.4 Å². The average molecular weight is 264 g/mol. The van der Waals surface area contributed by atoms with Gasteiger partial charge in [-0.2, -0.15) is 5.10 Å². The number of nitrogens with two attached hydrogens (primary N) is 1. The number of rotatable bonds is 4. The number of hydrogen-bond acceptors (Lipinski definition) is 5. The van der Waals surface area contributed by atoms with E-state index in [0.29, 0.717) is 21.9 Å². The standard InChI is InChI=1S/C12H16N4OS/c1-3-7-16(4-2)12(17)10-9(13)8-5-6-14-15-11(8)18-10/h5-6H,3-4,7,13H2,1-2H3. The van der Waals surface area contributed by atoms with Gasteiger partial charge in [-0.15, -0.1) is 16.4 Å². The second kappa shape index (κ2) is 5.30. The molecule has 0 aromatic carbocycles. The Morgan fingerprint density at radius 3 is 2.89 bits per heavy atom. The summed E-state index contributed by atoms with van der Waals surface area (Å²) in [6.07, 6.45) is 2.52. The van der Waals surface area contributed by atoms with Crippen LogP contribution in [0.3, 0.4) is 0 Å². The number of carbonyl (C=O) groups excluding carboxylic acids is 1. The quantitative estimate of drug-likeness (QED) is 0.918. The van der Waals surface area contributed by atoms with Crippen molar-refractivity contribution in [3.05, 3.63) is 17.1 Å². The summed E-state index contributed by atoms with van der Waals surface area (Å²) >= 11 is 1.31. The van der Waals surface area contributed by atoms with Crippen LogP contribution >= 0.6 is 11.3 Å². The van der Waals surface area contributed by atoms with Gasteiger partial charge in [-0.1, -0.05) is 6.92 Å². The first-order chi connectivity index (χ1) is 8.69. The smallest absolute Gasteiger partial charge is 0.266 e. The third kappa shape index (κ3) is 2.15. The Bertz CT molecular complexity index is 566. The molecule has 0 unspecified atom stereocenters. The lowest BCUT2D eigenvalue weighted by molar-refractivity contribution is 0.0770. The summed E-state index contributed by atoms with van der Waals surface area (Å²) in [6.45, 7) is 5.45. The molecule has 0 radical (unpaired) electrons. The average Bonchev–Trinajstić information content (AvgIpc) is 2.73. The molecule has 2 rings (SSSR count). The molecule has 1 amide bonds. The summed E-state index contributed by atoms with van der Waals surface area (Å²) in [4.78, 5) is 15.4. The Morgan fingerprint density at radius 1 is 1.50 bits per heavy atom. The number of nitrogen functional groups attached to an aromatic ring is 1. The fourth-order valence-electron chi connectivity index (χ4n) is 1.85. The van der Waals surface area contributed by atoms with E-state index in [0.717, 1.165) is 18.4 Å². The van der Waals surface area contributed by atoms with Crippen molar-refractivity contribution in [1.29, 1.82) is 0 Å². The van der Waals surface area contributed by atoms with Gasteiger partial charge < -0.3 is 10.6 Å². The highest BCUT2D eigenvalue weighted by Crippen LogP contribution is 2.32. The lowest BCUT2D eigenvalue weighted by Crippen LogP contribution is -2.31. The zero-order valence-electron chi connectivity index (χ0n) is 10.5. The summed E-state index contributed by atoms with van der Waals surface area (Å²) in [5, 5.41) is 8.61. The van der Waals surface area contributed by atoms with Gasteiger partial charge in [0.15, 0.2) is 0 Å². The maximum atomic E-state index is 12.4. The van der Waals surface area contributed by atoms with E-state index in [-0.39, 0.29) is 5.91 Å².